The van der Waals surface area contributed by atoms with Crippen LogP contribution >= 0.6 is 0 Å². The summed E-state index contributed by atoms with van der Waals surface area (Å²) in [5.41, 5.74) is -0.485. The van der Waals surface area contributed by atoms with Crippen molar-refractivity contribution in [3.8, 4) is 0 Å². The third kappa shape index (κ3) is 7.23. The second-order valence-corrected chi connectivity index (χ2v) is 5.36. The number of carboxylic acid groups (broad SMARTS) is 1. The molecule has 1 aromatic rings. The van der Waals surface area contributed by atoms with Crippen molar-refractivity contribution >= 4 is 17.8 Å². The van der Waals surface area contributed by atoms with Crippen LogP contribution < -0.4 is 5.32 Å². The van der Waals surface area contributed by atoms with Crippen LogP contribution in [0, 0.1) is 0 Å². The summed E-state index contributed by atoms with van der Waals surface area (Å²) in [7, 11) is 0. The highest BCUT2D eigenvalue weighted by molar-refractivity contribution is 5.86. The van der Waals surface area contributed by atoms with E-state index in [2.05, 4.69) is 5.32 Å². The zero-order chi connectivity index (χ0) is 19.0. The van der Waals surface area contributed by atoms with E-state index in [9.17, 15) is 27.6 Å². The lowest BCUT2D eigenvalue weighted by molar-refractivity contribution is -0.144. The maximum atomic E-state index is 12.5. The van der Waals surface area contributed by atoms with Gasteiger partial charge in [0.2, 0.25) is 11.8 Å². The maximum Gasteiger partial charge on any atom is 0.416 e. The second kappa shape index (κ2) is 9.05. The van der Waals surface area contributed by atoms with Crippen LogP contribution in [-0.2, 0) is 27.1 Å². The average molecular weight is 360 g/mol. The highest BCUT2D eigenvalue weighted by atomic mass is 19.4. The van der Waals surface area contributed by atoms with Gasteiger partial charge in [-0.2, -0.15) is 13.2 Å². The first-order valence-electron chi connectivity index (χ1n) is 7.56. The van der Waals surface area contributed by atoms with Crippen molar-refractivity contribution in [2.24, 2.45) is 0 Å². The van der Waals surface area contributed by atoms with E-state index < -0.39 is 30.2 Å². The third-order valence-electron chi connectivity index (χ3n) is 3.25. The van der Waals surface area contributed by atoms with Crippen molar-refractivity contribution < 1.29 is 32.7 Å². The van der Waals surface area contributed by atoms with Gasteiger partial charge in [-0.1, -0.05) is 19.1 Å². The SMILES string of the molecule is CCCC(=O)NCC(=O)N(CC(=O)O)Cc1ccc(C(F)(F)F)cc1. The van der Waals surface area contributed by atoms with Gasteiger partial charge in [-0.15, -0.1) is 0 Å². The number of benzene rings is 1. The van der Waals surface area contributed by atoms with Crippen LogP contribution in [0.5, 0.6) is 0 Å². The molecule has 9 heteroatoms. The number of hydrogen-bond acceptors (Lipinski definition) is 3. The fourth-order valence-electron chi connectivity index (χ4n) is 2.02. The molecular weight excluding hydrogens is 341 g/mol. The van der Waals surface area contributed by atoms with Gasteiger partial charge in [-0.05, 0) is 24.1 Å². The summed E-state index contributed by atoms with van der Waals surface area (Å²) in [6.07, 6.45) is -3.63. The van der Waals surface area contributed by atoms with Crippen LogP contribution in [-0.4, -0.2) is 40.9 Å². The van der Waals surface area contributed by atoms with E-state index in [4.69, 9.17) is 5.11 Å². The van der Waals surface area contributed by atoms with Gasteiger partial charge in [0.25, 0.3) is 0 Å². The number of alkyl halides is 3. The monoisotopic (exact) mass is 360 g/mol. The number of carbonyl (C=O) groups is 3. The van der Waals surface area contributed by atoms with E-state index in [-0.39, 0.29) is 25.4 Å². The fourth-order valence-corrected chi connectivity index (χ4v) is 2.02. The lowest BCUT2D eigenvalue weighted by Crippen LogP contribution is -2.42. The number of hydrogen-bond donors (Lipinski definition) is 2. The molecule has 0 aromatic heterocycles. The second-order valence-electron chi connectivity index (χ2n) is 5.36. The number of nitrogens with one attached hydrogen (secondary N) is 1. The number of rotatable bonds is 8. The first kappa shape index (κ1) is 20.5. The van der Waals surface area contributed by atoms with Gasteiger partial charge in [-0.25, -0.2) is 0 Å². The summed E-state index contributed by atoms with van der Waals surface area (Å²) < 4.78 is 37.6. The minimum absolute atomic E-state index is 0.174. The smallest absolute Gasteiger partial charge is 0.416 e. The van der Waals surface area contributed by atoms with Crippen LogP contribution in [0.1, 0.15) is 30.9 Å². The van der Waals surface area contributed by atoms with E-state index in [1.165, 1.54) is 12.1 Å². The van der Waals surface area contributed by atoms with Crippen LogP contribution in [0.4, 0.5) is 13.2 Å². The fraction of sp³-hybridized carbons (Fsp3) is 0.438. The van der Waals surface area contributed by atoms with Crippen molar-refractivity contribution in [1.82, 2.24) is 10.2 Å². The highest BCUT2D eigenvalue weighted by Crippen LogP contribution is 2.29. The number of aliphatic carboxylic acids is 1. The Morgan fingerprint density at radius 3 is 2.24 bits per heavy atom. The van der Waals surface area contributed by atoms with Gasteiger partial charge >= 0.3 is 12.1 Å². The summed E-state index contributed by atoms with van der Waals surface area (Å²) in [6, 6.07) is 4.09. The normalized spacial score (nSPS) is 11.0. The largest absolute Gasteiger partial charge is 0.480 e. The summed E-state index contributed by atoms with van der Waals surface area (Å²) in [5.74, 6) is -2.23. The van der Waals surface area contributed by atoms with Crippen molar-refractivity contribution in [1.29, 1.82) is 0 Å². The molecule has 6 nitrogen and oxygen atoms in total. The number of halogens is 3. The van der Waals surface area contributed by atoms with Crippen molar-refractivity contribution in [2.75, 3.05) is 13.1 Å². The first-order chi connectivity index (χ1) is 11.6. The molecule has 0 heterocycles. The van der Waals surface area contributed by atoms with Gasteiger partial charge < -0.3 is 15.3 Å². The molecule has 0 aliphatic rings. The molecule has 1 rings (SSSR count). The van der Waals surface area contributed by atoms with Crippen LogP contribution in [0.25, 0.3) is 0 Å². The molecule has 0 unspecified atom stereocenters. The van der Waals surface area contributed by atoms with Crippen LogP contribution in [0.2, 0.25) is 0 Å². The molecule has 138 valence electrons. The van der Waals surface area contributed by atoms with E-state index in [0.29, 0.717) is 12.0 Å². The Balaban J connectivity index is 2.76. The van der Waals surface area contributed by atoms with E-state index in [1.54, 1.807) is 6.92 Å². The third-order valence-corrected chi connectivity index (χ3v) is 3.25. The Hall–Kier alpha value is -2.58. The Morgan fingerprint density at radius 2 is 1.76 bits per heavy atom. The number of carboxylic acids is 1. The summed E-state index contributed by atoms with van der Waals surface area (Å²) in [4.78, 5) is 35.3. The van der Waals surface area contributed by atoms with E-state index in [0.717, 1.165) is 17.0 Å². The lowest BCUT2D eigenvalue weighted by Gasteiger charge is -2.21. The number of nitrogens with zero attached hydrogens (tertiary/aromatic N) is 1. The molecule has 0 spiro atoms. The van der Waals surface area contributed by atoms with Gasteiger partial charge in [-0.3, -0.25) is 14.4 Å². The zero-order valence-corrected chi connectivity index (χ0v) is 13.6. The summed E-state index contributed by atoms with van der Waals surface area (Å²) >= 11 is 0. The molecule has 0 aliphatic carbocycles. The van der Waals surface area contributed by atoms with Gasteiger partial charge in [0.1, 0.15) is 6.54 Å². The summed E-state index contributed by atoms with van der Waals surface area (Å²) in [5, 5.41) is 11.3. The van der Waals surface area contributed by atoms with Gasteiger partial charge in [0, 0.05) is 13.0 Å². The van der Waals surface area contributed by atoms with Crippen molar-refractivity contribution in [2.45, 2.75) is 32.5 Å². The molecule has 0 bridgehead atoms. The minimum Gasteiger partial charge on any atom is -0.480 e. The number of amides is 2. The minimum atomic E-state index is -4.47. The zero-order valence-electron chi connectivity index (χ0n) is 13.6. The van der Waals surface area contributed by atoms with Crippen LogP contribution in [0.3, 0.4) is 0 Å². The number of carbonyl (C=O) groups excluding carboxylic acids is 2. The highest BCUT2D eigenvalue weighted by Gasteiger charge is 2.30. The van der Waals surface area contributed by atoms with Gasteiger partial charge in [0.05, 0.1) is 12.1 Å². The average Bonchev–Trinajstić information content (AvgIpc) is 2.51. The predicted octanol–water partition coefficient (Wildman–Crippen LogP) is 2.03. The molecule has 0 fully saturated rings. The molecule has 1 aromatic carbocycles. The molecule has 0 aliphatic heterocycles. The molecule has 0 radical (unpaired) electrons. The topological polar surface area (TPSA) is 86.7 Å². The molecular formula is C16H19F3N2O4. The van der Waals surface area contributed by atoms with Gasteiger partial charge in [0.15, 0.2) is 0 Å². The van der Waals surface area contributed by atoms with Crippen molar-refractivity contribution in [3.63, 3.8) is 0 Å². The molecule has 0 saturated carbocycles. The Labute approximate surface area is 142 Å². The standard InChI is InChI=1S/C16H19F3N2O4/c1-2-3-13(22)20-8-14(23)21(10-15(24)25)9-11-4-6-12(7-5-11)16(17,18)19/h4-7H,2-3,8-10H2,1H3,(H,20,22)(H,24,25). The van der Waals surface area contributed by atoms with Crippen LogP contribution in [0.15, 0.2) is 24.3 Å². The van der Waals surface area contributed by atoms with E-state index in [1.807, 2.05) is 0 Å². The Morgan fingerprint density at radius 1 is 1.16 bits per heavy atom. The maximum absolute atomic E-state index is 12.5. The molecule has 0 saturated heterocycles. The Kier molecular flexibility index (Phi) is 7.41. The quantitative estimate of drug-likeness (QED) is 0.743. The summed E-state index contributed by atoms with van der Waals surface area (Å²) in [6.45, 7) is 0.631. The lowest BCUT2D eigenvalue weighted by atomic mass is 10.1. The molecule has 25 heavy (non-hydrogen) atoms. The van der Waals surface area contributed by atoms with E-state index >= 15 is 0 Å². The first-order valence-corrected chi connectivity index (χ1v) is 7.56. The predicted molar refractivity (Wildman–Crippen MR) is 82.4 cm³/mol. The molecule has 2 amide bonds. The molecule has 0 atom stereocenters. The van der Waals surface area contributed by atoms with Crippen molar-refractivity contribution in [3.05, 3.63) is 35.4 Å². The molecule has 2 N–H and O–H groups in total. The Bertz CT molecular complexity index is 615.